The van der Waals surface area contributed by atoms with Crippen molar-refractivity contribution in [1.82, 2.24) is 19.5 Å². The normalized spacial score (nSPS) is 15.5. The van der Waals surface area contributed by atoms with Crippen LogP contribution >= 0.6 is 0 Å². The lowest BCUT2D eigenvalue weighted by Gasteiger charge is -1.89. The van der Waals surface area contributed by atoms with E-state index in [0.29, 0.717) is 0 Å². The smallest absolute Gasteiger partial charge is 0.327 e. The summed E-state index contributed by atoms with van der Waals surface area (Å²) in [5.74, 6) is 0. The molecule has 0 spiro atoms. The molecule has 0 unspecified atom stereocenters. The van der Waals surface area contributed by atoms with Crippen LogP contribution in [0.2, 0.25) is 0 Å². The Bertz CT molecular complexity index is 620. The number of aromatic amines is 2. The SMILES string of the molecule is [2H]C([2H])([2H])n1cnc2[nH]c(=O)[nH]c(=O)c21. The van der Waals surface area contributed by atoms with E-state index in [4.69, 9.17) is 4.11 Å². The molecule has 2 heterocycles. The minimum atomic E-state index is -2.50. The van der Waals surface area contributed by atoms with Gasteiger partial charge in [-0.25, -0.2) is 9.78 Å². The highest BCUT2D eigenvalue weighted by Gasteiger charge is 2.04. The molecule has 0 fully saturated rings. The van der Waals surface area contributed by atoms with E-state index in [1.165, 1.54) is 0 Å². The van der Waals surface area contributed by atoms with Gasteiger partial charge in [0.15, 0.2) is 11.2 Å². The van der Waals surface area contributed by atoms with Crippen molar-refractivity contribution in [2.45, 2.75) is 0 Å². The highest BCUT2D eigenvalue weighted by Crippen LogP contribution is 1.97. The number of hydrogen-bond donors (Lipinski definition) is 2. The molecule has 0 bridgehead atoms. The van der Waals surface area contributed by atoms with Crippen LogP contribution in [0, 0.1) is 0 Å². The van der Waals surface area contributed by atoms with Gasteiger partial charge >= 0.3 is 5.69 Å². The number of rotatable bonds is 0. The number of hydrogen-bond acceptors (Lipinski definition) is 3. The van der Waals surface area contributed by atoms with Gasteiger partial charge in [-0.1, -0.05) is 0 Å². The van der Waals surface area contributed by atoms with E-state index >= 15 is 0 Å². The second-order valence-electron chi connectivity index (χ2n) is 2.22. The number of aryl methyl sites for hydroxylation is 1. The molecule has 0 aliphatic heterocycles. The van der Waals surface area contributed by atoms with Gasteiger partial charge < -0.3 is 4.57 Å². The molecule has 0 saturated carbocycles. The van der Waals surface area contributed by atoms with Crippen LogP contribution in [0.5, 0.6) is 0 Å². The molecule has 2 aromatic heterocycles. The Hall–Kier alpha value is -1.85. The maximum absolute atomic E-state index is 11.3. The van der Waals surface area contributed by atoms with Crippen molar-refractivity contribution < 1.29 is 4.11 Å². The molecule has 0 aromatic carbocycles. The topological polar surface area (TPSA) is 83.5 Å². The third-order valence-electron chi connectivity index (χ3n) is 1.44. The maximum Gasteiger partial charge on any atom is 0.327 e. The molecule has 6 nitrogen and oxygen atoms in total. The molecule has 0 radical (unpaired) electrons. The predicted molar refractivity (Wildman–Crippen MR) is 42.0 cm³/mol. The zero-order valence-electron chi connectivity index (χ0n) is 8.79. The van der Waals surface area contributed by atoms with Crippen LogP contribution in [0.1, 0.15) is 4.11 Å². The van der Waals surface area contributed by atoms with Crippen molar-refractivity contribution in [2.24, 2.45) is 6.98 Å². The van der Waals surface area contributed by atoms with Crippen molar-refractivity contribution in [2.75, 3.05) is 0 Å². The fourth-order valence-electron chi connectivity index (χ4n) is 0.958. The molecule has 2 aromatic rings. The minimum absolute atomic E-state index is 0.0418. The molecule has 2 rings (SSSR count). The maximum atomic E-state index is 11.3. The molecular formula is C6H6N4O2. The molecule has 0 aliphatic carbocycles. The fraction of sp³-hybridized carbons (Fsp3) is 0.167. The van der Waals surface area contributed by atoms with Gasteiger partial charge in [-0.15, -0.1) is 0 Å². The fourth-order valence-corrected chi connectivity index (χ4v) is 0.958. The molecule has 2 N–H and O–H groups in total. The van der Waals surface area contributed by atoms with Gasteiger partial charge in [0.25, 0.3) is 5.56 Å². The zero-order valence-corrected chi connectivity index (χ0v) is 5.79. The van der Waals surface area contributed by atoms with Crippen LogP contribution in [0.3, 0.4) is 0 Å². The first-order chi connectivity index (χ1) is 6.89. The first-order valence-corrected chi connectivity index (χ1v) is 3.10. The van der Waals surface area contributed by atoms with Crippen molar-refractivity contribution in [1.29, 1.82) is 0 Å². The van der Waals surface area contributed by atoms with Gasteiger partial charge in [0, 0.05) is 11.1 Å². The van der Waals surface area contributed by atoms with Crippen molar-refractivity contribution in [3.05, 3.63) is 27.2 Å². The van der Waals surface area contributed by atoms with Gasteiger partial charge in [0.05, 0.1) is 6.33 Å². The Labute approximate surface area is 70.1 Å². The van der Waals surface area contributed by atoms with Gasteiger partial charge in [0.1, 0.15) is 0 Å². The first kappa shape index (κ1) is 4.24. The first-order valence-electron chi connectivity index (χ1n) is 4.60. The van der Waals surface area contributed by atoms with E-state index < -0.39 is 18.2 Å². The third-order valence-corrected chi connectivity index (χ3v) is 1.44. The van der Waals surface area contributed by atoms with E-state index in [0.717, 1.165) is 10.9 Å². The van der Waals surface area contributed by atoms with E-state index in [1.807, 2.05) is 4.98 Å². The Morgan fingerprint density at radius 2 is 2.42 bits per heavy atom. The van der Waals surface area contributed by atoms with Gasteiger partial charge in [0.2, 0.25) is 0 Å². The van der Waals surface area contributed by atoms with Crippen molar-refractivity contribution >= 4 is 11.2 Å². The zero-order chi connectivity index (χ0) is 11.2. The van der Waals surface area contributed by atoms with Crippen LogP contribution in [-0.4, -0.2) is 19.5 Å². The third kappa shape index (κ3) is 0.777. The van der Waals surface area contributed by atoms with E-state index in [-0.39, 0.29) is 11.2 Å². The minimum Gasteiger partial charge on any atom is -0.328 e. The van der Waals surface area contributed by atoms with Crippen LogP contribution < -0.4 is 11.2 Å². The monoisotopic (exact) mass is 169 g/mol. The molecule has 0 amide bonds. The second-order valence-corrected chi connectivity index (χ2v) is 2.22. The molecule has 12 heavy (non-hydrogen) atoms. The molecule has 6 heteroatoms. The summed E-state index contributed by atoms with van der Waals surface area (Å²) in [6.07, 6.45) is 0.989. The molecular weight excluding hydrogens is 160 g/mol. The lowest BCUT2D eigenvalue weighted by Crippen LogP contribution is -2.22. The lowest BCUT2D eigenvalue weighted by atomic mass is 10.5. The van der Waals surface area contributed by atoms with E-state index in [9.17, 15) is 9.59 Å². The second kappa shape index (κ2) is 2.07. The summed E-state index contributed by atoms with van der Waals surface area (Å²) in [7, 11) is 0. The van der Waals surface area contributed by atoms with Crippen LogP contribution in [-0.2, 0) is 6.98 Å². The number of imidazole rings is 1. The highest BCUT2D eigenvalue weighted by molar-refractivity contribution is 5.68. The van der Waals surface area contributed by atoms with Crippen molar-refractivity contribution in [3.63, 3.8) is 0 Å². The Balaban J connectivity index is 2.93. The largest absolute Gasteiger partial charge is 0.328 e. The molecule has 0 aliphatic rings. The predicted octanol–water partition coefficient (Wildman–Crippen LogP) is -1.05. The Morgan fingerprint density at radius 1 is 1.58 bits per heavy atom. The molecule has 62 valence electrons. The Morgan fingerprint density at radius 3 is 3.17 bits per heavy atom. The number of H-pyrrole nitrogens is 2. The van der Waals surface area contributed by atoms with Crippen molar-refractivity contribution in [3.8, 4) is 0 Å². The molecule has 0 atom stereocenters. The lowest BCUT2D eigenvalue weighted by molar-refractivity contribution is 0.935. The summed E-state index contributed by atoms with van der Waals surface area (Å²) in [5.41, 5.74) is -1.71. The van der Waals surface area contributed by atoms with Crippen LogP contribution in [0.4, 0.5) is 0 Å². The number of fused-ring (bicyclic) bond motifs is 1. The summed E-state index contributed by atoms with van der Waals surface area (Å²) in [6.45, 7) is -2.50. The van der Waals surface area contributed by atoms with Gasteiger partial charge in [-0.05, 0) is 0 Å². The Kier molecular flexibility index (Phi) is 0.731. The number of nitrogens with zero attached hydrogens (tertiary/aromatic N) is 2. The average molecular weight is 169 g/mol. The molecule has 0 saturated heterocycles. The summed E-state index contributed by atoms with van der Waals surface area (Å²) in [5, 5.41) is 0. The van der Waals surface area contributed by atoms with Gasteiger partial charge in [-0.2, -0.15) is 0 Å². The summed E-state index contributed by atoms with van der Waals surface area (Å²) in [6, 6.07) is 0. The van der Waals surface area contributed by atoms with E-state index in [1.54, 1.807) is 0 Å². The number of aromatic nitrogens is 4. The van der Waals surface area contributed by atoms with Crippen LogP contribution in [0.15, 0.2) is 15.9 Å². The highest BCUT2D eigenvalue weighted by atomic mass is 16.2. The standard InChI is InChI=1S/C6H6N4O2/c1-10-2-7-4-3(10)5(11)9-6(12)8-4/h2H,1H3,(H2,8,9,11,12)/i1D3. The van der Waals surface area contributed by atoms with Gasteiger partial charge in [-0.3, -0.25) is 14.8 Å². The number of nitrogens with one attached hydrogen (secondary N) is 2. The summed E-state index contributed by atoms with van der Waals surface area (Å²) >= 11 is 0. The summed E-state index contributed by atoms with van der Waals surface area (Å²) in [4.78, 5) is 30.0. The average Bonchev–Trinajstić information content (AvgIpc) is 2.45. The summed E-state index contributed by atoms with van der Waals surface area (Å²) < 4.78 is 22.1. The van der Waals surface area contributed by atoms with E-state index in [2.05, 4.69) is 9.97 Å². The quantitative estimate of drug-likeness (QED) is 0.527. The van der Waals surface area contributed by atoms with Crippen LogP contribution in [0.25, 0.3) is 11.2 Å².